The fraction of sp³-hybridized carbons (Fsp3) is 0.0385. The van der Waals surface area contributed by atoms with Crippen LogP contribution < -0.4 is 14.9 Å². The van der Waals surface area contributed by atoms with Crippen molar-refractivity contribution < 1.29 is 9.53 Å². The zero-order valence-corrected chi connectivity index (χ0v) is 21.7. The second kappa shape index (κ2) is 9.42. The third kappa shape index (κ3) is 4.37. The predicted molar refractivity (Wildman–Crippen MR) is 148 cm³/mol. The molecular weight excluding hydrogens is 562 g/mol. The van der Waals surface area contributed by atoms with Crippen LogP contribution in [0.5, 0.6) is 5.75 Å². The van der Waals surface area contributed by atoms with Gasteiger partial charge >= 0.3 is 0 Å². The number of carbonyl (C=O) groups excluding carboxylic acids is 1. The van der Waals surface area contributed by atoms with Crippen LogP contribution in [0.1, 0.15) is 5.56 Å². The van der Waals surface area contributed by atoms with Gasteiger partial charge in [0.1, 0.15) is 5.75 Å². The van der Waals surface area contributed by atoms with Gasteiger partial charge in [-0.1, -0.05) is 39.7 Å². The Balaban J connectivity index is 1.50. The van der Waals surface area contributed by atoms with Crippen molar-refractivity contribution in [2.75, 3.05) is 11.9 Å². The molecule has 2 N–H and O–H groups in total. The third-order valence-electron chi connectivity index (χ3n) is 5.65. The topological polar surface area (TPSA) is 83.8 Å². The predicted octanol–water partition coefficient (Wildman–Crippen LogP) is 6.56. The zero-order valence-electron chi connectivity index (χ0n) is 18.5. The third-order valence-corrected chi connectivity index (χ3v) is 7.28. The number of anilines is 1. The second-order valence-electron chi connectivity index (χ2n) is 8.00. The van der Waals surface area contributed by atoms with Gasteiger partial charge in [-0.05, 0) is 48.5 Å². The smallest absolute Gasteiger partial charge is 0.262 e. The quantitative estimate of drug-likeness (QED) is 0.237. The zero-order chi connectivity index (χ0) is 24.6. The van der Waals surface area contributed by atoms with Crippen LogP contribution in [0.2, 0.25) is 5.02 Å². The highest BCUT2D eigenvalue weighted by molar-refractivity contribution is 9.10. The van der Waals surface area contributed by atoms with Gasteiger partial charge in [-0.3, -0.25) is 4.79 Å². The summed E-state index contributed by atoms with van der Waals surface area (Å²) in [4.78, 5) is 20.6. The minimum absolute atomic E-state index is 0.0106. The molecule has 7 nitrogen and oxygen atoms in total. The molecule has 0 fully saturated rings. The van der Waals surface area contributed by atoms with Crippen molar-refractivity contribution in [2.24, 2.45) is 10.1 Å². The van der Waals surface area contributed by atoms with Crippen molar-refractivity contribution in [3.05, 3.63) is 92.1 Å². The lowest BCUT2D eigenvalue weighted by Gasteiger charge is -2.18. The number of aromatic nitrogens is 2. The average molecular weight is 579 g/mol. The Kier molecular flexibility index (Phi) is 5.96. The summed E-state index contributed by atoms with van der Waals surface area (Å²) in [5, 5.41) is 11.3. The number of hydrogen-bond donors (Lipinski definition) is 2. The molecule has 1 aliphatic rings. The molecule has 5 aromatic rings. The number of H-pyrrole nitrogens is 1. The molecule has 36 heavy (non-hydrogen) atoms. The summed E-state index contributed by atoms with van der Waals surface area (Å²) in [6.07, 6.45) is 3.72. The molecule has 0 bridgehead atoms. The van der Waals surface area contributed by atoms with Crippen LogP contribution in [0, 0.1) is 0 Å². The molecule has 3 aromatic carbocycles. The molecule has 1 amide bonds. The van der Waals surface area contributed by atoms with E-state index in [1.807, 2.05) is 66.2 Å². The largest absolute Gasteiger partial charge is 0.482 e. The molecule has 0 saturated carbocycles. The van der Waals surface area contributed by atoms with Gasteiger partial charge < -0.3 is 15.0 Å². The Morgan fingerprint density at radius 2 is 2.03 bits per heavy atom. The van der Waals surface area contributed by atoms with Crippen molar-refractivity contribution in [1.29, 1.82) is 0 Å². The number of rotatable bonds is 4. The average Bonchev–Trinajstić information content (AvgIpc) is 3.47. The van der Waals surface area contributed by atoms with Gasteiger partial charge in [-0.15, -0.1) is 11.3 Å². The summed E-state index contributed by atoms with van der Waals surface area (Å²) in [6, 6.07) is 19.1. The molecular formula is C26H17BrClN5O2S. The number of aromatic amines is 1. The maximum absolute atomic E-state index is 11.8. The highest BCUT2D eigenvalue weighted by Crippen LogP contribution is 2.33. The van der Waals surface area contributed by atoms with E-state index in [-0.39, 0.29) is 12.5 Å². The van der Waals surface area contributed by atoms with E-state index in [2.05, 4.69) is 26.2 Å². The number of halogens is 2. The van der Waals surface area contributed by atoms with E-state index in [0.717, 1.165) is 32.2 Å². The van der Waals surface area contributed by atoms with E-state index in [1.165, 1.54) is 11.3 Å². The standard InChI is InChI=1S/C26H17BrClN5O2S/c27-17-6-7-20-18(10-17)16(11-29-20)12-30-33-23(14-36-26(33)32-21-4-2-1-3-19(21)28)15-5-8-24-22(9-15)31-25(34)13-35-24/h1-12,14,29H,13H2,(H,31,34). The van der Waals surface area contributed by atoms with Crippen molar-refractivity contribution in [3.63, 3.8) is 0 Å². The molecule has 0 atom stereocenters. The number of nitrogens with one attached hydrogen (secondary N) is 2. The molecule has 6 rings (SSSR count). The summed E-state index contributed by atoms with van der Waals surface area (Å²) >= 11 is 11.4. The minimum atomic E-state index is -0.184. The maximum atomic E-state index is 11.8. The molecule has 0 aliphatic carbocycles. The van der Waals surface area contributed by atoms with Crippen LogP contribution in [0.3, 0.4) is 0 Å². The molecule has 0 radical (unpaired) electrons. The molecule has 2 aromatic heterocycles. The van der Waals surface area contributed by atoms with Crippen LogP contribution in [-0.2, 0) is 4.79 Å². The Hall–Kier alpha value is -3.66. The van der Waals surface area contributed by atoms with E-state index in [4.69, 9.17) is 26.4 Å². The van der Waals surface area contributed by atoms with Gasteiger partial charge in [0.05, 0.1) is 28.3 Å². The first-order valence-corrected chi connectivity index (χ1v) is 13.0. The summed E-state index contributed by atoms with van der Waals surface area (Å²) in [5.74, 6) is 0.449. The van der Waals surface area contributed by atoms with Crippen molar-refractivity contribution in [1.82, 2.24) is 9.66 Å². The lowest BCUT2D eigenvalue weighted by molar-refractivity contribution is -0.118. The van der Waals surface area contributed by atoms with Gasteiger partial charge in [-0.2, -0.15) is 5.10 Å². The first-order chi connectivity index (χ1) is 17.5. The monoisotopic (exact) mass is 577 g/mol. The number of carbonyl (C=O) groups is 1. The molecule has 0 saturated heterocycles. The Morgan fingerprint density at radius 3 is 2.92 bits per heavy atom. The first-order valence-electron chi connectivity index (χ1n) is 10.9. The van der Waals surface area contributed by atoms with Crippen LogP contribution >= 0.6 is 38.9 Å². The summed E-state index contributed by atoms with van der Waals surface area (Å²) in [5.41, 5.74) is 4.89. The number of benzene rings is 3. The lowest BCUT2D eigenvalue weighted by Crippen LogP contribution is -2.25. The van der Waals surface area contributed by atoms with Gasteiger partial charge in [0.25, 0.3) is 5.91 Å². The lowest BCUT2D eigenvalue weighted by atomic mass is 10.1. The van der Waals surface area contributed by atoms with Gasteiger partial charge in [0, 0.05) is 38.1 Å². The first kappa shape index (κ1) is 22.8. The number of ether oxygens (including phenoxy) is 1. The summed E-state index contributed by atoms with van der Waals surface area (Å²) in [7, 11) is 0. The molecule has 178 valence electrons. The number of amides is 1. The number of fused-ring (bicyclic) bond motifs is 2. The molecule has 1 aliphatic heterocycles. The van der Waals surface area contributed by atoms with Gasteiger partial charge in [0.2, 0.25) is 4.80 Å². The van der Waals surface area contributed by atoms with E-state index < -0.39 is 0 Å². The maximum Gasteiger partial charge on any atom is 0.262 e. The van der Waals surface area contributed by atoms with E-state index in [9.17, 15) is 4.79 Å². The van der Waals surface area contributed by atoms with Gasteiger partial charge in [0.15, 0.2) is 6.61 Å². The number of thiazole rings is 1. The molecule has 0 unspecified atom stereocenters. The highest BCUT2D eigenvalue weighted by atomic mass is 79.9. The Morgan fingerprint density at radius 1 is 1.14 bits per heavy atom. The second-order valence-corrected chi connectivity index (χ2v) is 10.2. The van der Waals surface area contributed by atoms with Crippen LogP contribution in [0.4, 0.5) is 11.4 Å². The molecule has 0 spiro atoms. The normalized spacial score (nSPS) is 13.7. The fourth-order valence-corrected chi connectivity index (χ4v) is 5.30. The number of para-hydroxylation sites is 1. The summed E-state index contributed by atoms with van der Waals surface area (Å²) in [6.45, 7) is 0.0106. The van der Waals surface area contributed by atoms with Crippen molar-refractivity contribution in [2.45, 2.75) is 0 Å². The number of nitrogens with zero attached hydrogens (tertiary/aromatic N) is 3. The SMILES string of the molecule is O=C1COc2ccc(-c3csc(=Nc4ccccc4Cl)n3N=Cc3c[nH]c4ccc(Br)cc34)cc2N1. The fourth-order valence-electron chi connectivity index (χ4n) is 3.92. The van der Waals surface area contributed by atoms with Crippen LogP contribution in [0.25, 0.3) is 22.2 Å². The van der Waals surface area contributed by atoms with E-state index in [0.29, 0.717) is 26.9 Å². The van der Waals surface area contributed by atoms with Gasteiger partial charge in [-0.25, -0.2) is 9.67 Å². The number of hydrogen-bond acceptors (Lipinski definition) is 5. The van der Waals surface area contributed by atoms with Crippen molar-refractivity contribution in [3.8, 4) is 17.0 Å². The molecule has 3 heterocycles. The Labute approximate surface area is 222 Å². The van der Waals surface area contributed by atoms with E-state index in [1.54, 1.807) is 17.0 Å². The van der Waals surface area contributed by atoms with Crippen LogP contribution in [-0.4, -0.2) is 28.4 Å². The Bertz CT molecular complexity index is 1740. The minimum Gasteiger partial charge on any atom is -0.482 e. The summed E-state index contributed by atoms with van der Waals surface area (Å²) < 4.78 is 8.28. The molecule has 10 heteroatoms. The van der Waals surface area contributed by atoms with E-state index >= 15 is 0 Å². The highest BCUT2D eigenvalue weighted by Gasteiger charge is 2.18. The van der Waals surface area contributed by atoms with Crippen LogP contribution in [0.15, 0.2) is 86.8 Å². The van der Waals surface area contributed by atoms with Crippen molar-refractivity contribution >= 4 is 73.3 Å².